The van der Waals surface area contributed by atoms with Crippen LogP contribution in [0.5, 0.6) is 0 Å². The van der Waals surface area contributed by atoms with E-state index in [1.807, 2.05) is 0 Å². The van der Waals surface area contributed by atoms with Crippen molar-refractivity contribution in [1.82, 2.24) is 0 Å². The summed E-state index contributed by atoms with van der Waals surface area (Å²) in [6, 6.07) is 13.2. The van der Waals surface area contributed by atoms with Crippen molar-refractivity contribution in [3.63, 3.8) is 0 Å². The van der Waals surface area contributed by atoms with E-state index in [-0.39, 0.29) is 0 Å². The second kappa shape index (κ2) is 5.16. The third-order valence-electron chi connectivity index (χ3n) is 1.69. The fraction of sp³-hybridized carbons (Fsp3) is 0. The quantitative estimate of drug-likeness (QED) is 0.279. The Morgan fingerprint density at radius 3 is 0.556 bits per heavy atom. The zero-order chi connectivity index (χ0) is 13.7. The second-order valence-corrected chi connectivity index (χ2v) is 3.00. The van der Waals surface area contributed by atoms with Crippen molar-refractivity contribution in [2.75, 3.05) is 0 Å². The van der Waals surface area contributed by atoms with Crippen LogP contribution in [0.3, 0.4) is 0 Å². The minimum Gasteiger partial charge on any atom is -0.290 e. The van der Waals surface area contributed by atoms with E-state index < -0.39 is 32.1 Å². The Kier molecular flexibility index (Phi) is 3.66. The van der Waals surface area contributed by atoms with Gasteiger partial charge in [-0.3, -0.25) is 32.5 Å². The molecule has 0 saturated carbocycles. The van der Waals surface area contributed by atoms with Gasteiger partial charge in [-0.1, -0.05) is 0 Å². The molecule has 0 aromatic heterocycles. The average Bonchev–Trinajstić information content (AvgIpc) is 2.36. The van der Waals surface area contributed by atoms with E-state index in [1.165, 1.54) is 0 Å². The summed E-state index contributed by atoms with van der Waals surface area (Å²) in [5, 5.41) is 41.8. The molecule has 0 aliphatic carbocycles. The molecule has 0 unspecified atom stereocenters. The summed E-state index contributed by atoms with van der Waals surface area (Å²) in [5.74, 6) is 0. The summed E-state index contributed by atoms with van der Waals surface area (Å²) in [4.78, 5) is 0. The zero-order valence-corrected chi connectivity index (χ0v) is 9.00. The molecule has 0 amide bonds. The van der Waals surface area contributed by atoms with Crippen molar-refractivity contribution in [3.8, 4) is 0 Å². The lowest BCUT2D eigenvalue weighted by atomic mass is 10.4. The summed E-state index contributed by atoms with van der Waals surface area (Å²) >= 11 is 0. The lowest BCUT2D eigenvalue weighted by molar-refractivity contribution is 1.11. The van der Waals surface area contributed by atoms with Crippen molar-refractivity contribution >= 4 is 0 Å². The molecule has 1 aromatic carbocycles. The van der Waals surface area contributed by atoms with E-state index in [9.17, 15) is 0 Å². The highest BCUT2D eigenvalue weighted by molar-refractivity contribution is 4.81. The van der Waals surface area contributed by atoms with Gasteiger partial charge in [0.15, 0.2) is 0 Å². The first-order valence-corrected chi connectivity index (χ1v) is 4.50. The topological polar surface area (TPSA) is 143 Å². The summed E-state index contributed by atoms with van der Waals surface area (Å²) in [6.07, 6.45) is 0. The molecule has 0 aliphatic heterocycles. The Morgan fingerprint density at radius 2 is 0.444 bits per heavy atom. The largest absolute Gasteiger partial charge is 0.290 e. The molecule has 1 rings (SSSR count). The molecule has 0 radical (unpaired) electrons. The molecule has 0 heterocycles. The summed E-state index contributed by atoms with van der Waals surface area (Å²) in [5.41, 5.74) is 0. The molecule has 6 nitrogen and oxygen atoms in total. The number of rotatable bonds is 0. The van der Waals surface area contributed by atoms with Crippen molar-refractivity contribution in [1.29, 1.82) is 32.5 Å². The Labute approximate surface area is 102 Å². The van der Waals surface area contributed by atoms with Crippen LogP contribution >= 0.6 is 0 Å². The van der Waals surface area contributed by atoms with Gasteiger partial charge in [0.25, 0.3) is 0 Å². The number of hydrogen-bond acceptors (Lipinski definition) is 6. The third-order valence-corrected chi connectivity index (χ3v) is 1.69. The fourth-order valence-corrected chi connectivity index (χ4v) is 0.750. The van der Waals surface area contributed by atoms with Gasteiger partial charge in [0.2, 0.25) is 0 Å². The first-order chi connectivity index (χ1) is 8.41. The van der Waals surface area contributed by atoms with Gasteiger partial charge in [-0.05, 0) is 36.4 Å². The molecule has 1 aromatic rings. The molecule has 0 fully saturated rings. The van der Waals surface area contributed by atoms with Crippen LogP contribution in [0.15, 0.2) is 0 Å². The van der Waals surface area contributed by atoms with Crippen molar-refractivity contribution in [3.05, 3.63) is 68.5 Å². The molecular weight excluding hydrogens is 228 g/mol. The monoisotopic (exact) mass is 234 g/mol. The zero-order valence-electron chi connectivity index (χ0n) is 9.00. The maximum absolute atomic E-state index is 7.37. The Morgan fingerprint density at radius 1 is 0.333 bits per heavy atom. The molecule has 0 bridgehead atoms. The molecule has 84 valence electrons. The first kappa shape index (κ1) is 12.8. The lowest BCUT2D eigenvalue weighted by Crippen LogP contribution is -2.23. The van der Waals surface area contributed by atoms with Crippen LogP contribution < -0.4 is 32.1 Å². The molecule has 0 saturated heterocycles. The van der Waals surface area contributed by atoms with Crippen LogP contribution in [-0.4, -0.2) is 0 Å². The van der Waals surface area contributed by atoms with Crippen LogP contribution in [0.1, 0.15) is 0 Å². The van der Waals surface area contributed by atoms with Gasteiger partial charge in [0.1, 0.15) is 32.1 Å². The third kappa shape index (κ3) is 3.10. The Balaban J connectivity index is 4.05. The highest BCUT2D eigenvalue weighted by Gasteiger charge is 1.76. The van der Waals surface area contributed by atoms with Crippen molar-refractivity contribution < 1.29 is 0 Å². The van der Waals surface area contributed by atoms with Crippen LogP contribution in [0.2, 0.25) is 0 Å². The van der Waals surface area contributed by atoms with E-state index in [0.29, 0.717) is 0 Å². The van der Waals surface area contributed by atoms with Crippen LogP contribution in [0.4, 0.5) is 0 Å². The van der Waals surface area contributed by atoms with Gasteiger partial charge < -0.3 is 0 Å². The van der Waals surface area contributed by atoms with Gasteiger partial charge in [0, 0.05) is 0 Å². The summed E-state index contributed by atoms with van der Waals surface area (Å²) in [6.45, 7) is 0. The van der Waals surface area contributed by atoms with Gasteiger partial charge in [-0.15, -0.1) is 0 Å². The highest BCUT2D eigenvalue weighted by Crippen LogP contribution is 1.37. The van der Waals surface area contributed by atoms with Gasteiger partial charge in [0.05, 0.1) is 0 Å². The van der Waals surface area contributed by atoms with Crippen LogP contribution in [0, 0.1) is 68.9 Å². The van der Waals surface area contributed by atoms with Crippen molar-refractivity contribution in [2.45, 2.75) is 0 Å². The molecule has 18 heavy (non-hydrogen) atoms. The molecule has 0 atom stereocenters. The number of hydrogen-bond donors (Lipinski definition) is 6. The van der Waals surface area contributed by atoms with E-state index >= 15 is 0 Å². The number of nitrogens with one attached hydrogen (secondary N) is 6. The Hall–Kier alpha value is -3.30. The Bertz CT molecular complexity index is 658. The van der Waals surface area contributed by atoms with Crippen LogP contribution in [-0.2, 0) is 0 Å². The predicted molar refractivity (Wildman–Crippen MR) is 54.6 cm³/mol. The summed E-state index contributed by atoms with van der Waals surface area (Å²) in [7, 11) is 0. The second-order valence-electron chi connectivity index (χ2n) is 3.00. The molecule has 0 spiro atoms. The first-order valence-electron chi connectivity index (χ1n) is 4.50. The smallest absolute Gasteiger partial charge is 0.138 e. The van der Waals surface area contributed by atoms with Crippen molar-refractivity contribution in [2.24, 2.45) is 0 Å². The SMILES string of the molecule is N=c1c#cc(=N)c(=N)c#cc(=N)c(=N)c#cc1=N. The standard InChI is InChI=1S/C12H6N6/c13-7-1-2-8(14)10(16)5-6-12(18)11(17)4-3-9(7)15/h13-18H. The van der Waals surface area contributed by atoms with E-state index in [2.05, 4.69) is 36.4 Å². The molecule has 0 aliphatic rings. The predicted octanol–water partition coefficient (Wildman–Crippen LogP) is -2.64. The summed E-state index contributed by atoms with van der Waals surface area (Å²) < 4.78 is 0. The van der Waals surface area contributed by atoms with E-state index in [0.717, 1.165) is 0 Å². The minimum absolute atomic E-state index is 0.409. The fourth-order valence-electron chi connectivity index (χ4n) is 0.750. The minimum atomic E-state index is -0.409. The molecule has 6 N–H and O–H groups in total. The normalized spacial score (nSPS) is 8.00. The maximum Gasteiger partial charge on any atom is 0.138 e. The van der Waals surface area contributed by atoms with Crippen LogP contribution in [0.25, 0.3) is 0 Å². The highest BCUT2D eigenvalue weighted by atomic mass is 14.4. The molecular formula is C12H6N6. The van der Waals surface area contributed by atoms with E-state index in [4.69, 9.17) is 32.5 Å². The average molecular weight is 234 g/mol. The van der Waals surface area contributed by atoms with E-state index in [1.54, 1.807) is 0 Å². The van der Waals surface area contributed by atoms with Gasteiger partial charge in [-0.2, -0.15) is 0 Å². The maximum atomic E-state index is 7.37. The van der Waals surface area contributed by atoms with Gasteiger partial charge in [-0.25, -0.2) is 0 Å². The lowest BCUT2D eigenvalue weighted by Gasteiger charge is -1.67. The molecule has 6 heteroatoms. The van der Waals surface area contributed by atoms with Gasteiger partial charge >= 0.3 is 0 Å².